The van der Waals surface area contributed by atoms with Gasteiger partial charge >= 0.3 is 0 Å². The van der Waals surface area contributed by atoms with Gasteiger partial charge in [0.2, 0.25) is 0 Å². The average molecular weight is 423 g/mol. The lowest BCUT2D eigenvalue weighted by molar-refractivity contribution is 0.0704. The predicted octanol–water partition coefficient (Wildman–Crippen LogP) is 4.54. The molecule has 2 heterocycles. The summed E-state index contributed by atoms with van der Waals surface area (Å²) < 4.78 is 1.98. The van der Waals surface area contributed by atoms with Crippen LogP contribution in [0.5, 0.6) is 0 Å². The highest BCUT2D eigenvalue weighted by Crippen LogP contribution is 2.21. The molecule has 1 aliphatic heterocycles. The Morgan fingerprint density at radius 3 is 2.40 bits per heavy atom. The number of carbonyl (C=O) groups excluding carboxylic acids is 1. The van der Waals surface area contributed by atoms with Crippen molar-refractivity contribution in [3.63, 3.8) is 0 Å². The smallest absolute Gasteiger partial charge is 0.253 e. The van der Waals surface area contributed by atoms with E-state index in [9.17, 15) is 4.79 Å². The highest BCUT2D eigenvalue weighted by molar-refractivity contribution is 6.30. The number of nitrogens with one attached hydrogen (secondary N) is 1. The standard InChI is InChI=1S/C24H27ClN4O/c1-17-23(18(2)29(27-17)22-10-8-20(25)9-11-22)16-26-21-12-14-28(15-13-21)24(30)19-6-4-3-5-7-19/h3-11,21,26H,12-16H2,1-2H3. The predicted molar refractivity (Wildman–Crippen MR) is 120 cm³/mol. The van der Waals surface area contributed by atoms with Crippen molar-refractivity contribution in [1.82, 2.24) is 20.0 Å². The molecule has 0 unspecified atom stereocenters. The van der Waals surface area contributed by atoms with Gasteiger partial charge in [0.05, 0.1) is 11.4 Å². The van der Waals surface area contributed by atoms with Gasteiger partial charge in [-0.25, -0.2) is 4.68 Å². The Kier molecular flexibility index (Phi) is 6.21. The first kappa shape index (κ1) is 20.6. The fourth-order valence-corrected chi connectivity index (χ4v) is 4.19. The molecule has 1 amide bonds. The molecular formula is C24H27ClN4O. The second-order valence-electron chi connectivity index (χ2n) is 7.85. The van der Waals surface area contributed by atoms with Gasteiger partial charge in [-0.05, 0) is 63.1 Å². The molecule has 1 fully saturated rings. The number of hydrogen-bond acceptors (Lipinski definition) is 3. The van der Waals surface area contributed by atoms with Crippen molar-refractivity contribution in [2.45, 2.75) is 39.3 Å². The maximum absolute atomic E-state index is 12.6. The van der Waals surface area contributed by atoms with Crippen molar-refractivity contribution in [3.05, 3.63) is 82.1 Å². The van der Waals surface area contributed by atoms with Crippen LogP contribution in [0, 0.1) is 13.8 Å². The molecule has 0 spiro atoms. The van der Waals surface area contributed by atoms with Crippen molar-refractivity contribution >= 4 is 17.5 Å². The summed E-state index contributed by atoms with van der Waals surface area (Å²) in [6.45, 7) is 6.51. The summed E-state index contributed by atoms with van der Waals surface area (Å²) in [5.41, 5.74) is 5.18. The van der Waals surface area contributed by atoms with E-state index in [4.69, 9.17) is 16.7 Å². The van der Waals surface area contributed by atoms with Crippen molar-refractivity contribution < 1.29 is 4.79 Å². The number of aryl methyl sites for hydroxylation is 1. The molecule has 1 aliphatic rings. The van der Waals surface area contributed by atoms with Gasteiger partial charge in [-0.3, -0.25) is 4.79 Å². The monoisotopic (exact) mass is 422 g/mol. The number of nitrogens with zero attached hydrogens (tertiary/aromatic N) is 3. The van der Waals surface area contributed by atoms with Crippen molar-refractivity contribution in [1.29, 1.82) is 0 Å². The fraction of sp³-hybridized carbons (Fsp3) is 0.333. The Hall–Kier alpha value is -2.63. The summed E-state index contributed by atoms with van der Waals surface area (Å²) in [5, 5.41) is 9.13. The zero-order valence-corrected chi connectivity index (χ0v) is 18.2. The van der Waals surface area contributed by atoms with E-state index < -0.39 is 0 Å². The summed E-state index contributed by atoms with van der Waals surface area (Å²) in [7, 11) is 0. The number of carbonyl (C=O) groups is 1. The highest BCUT2D eigenvalue weighted by atomic mass is 35.5. The van der Waals surface area contributed by atoms with E-state index in [1.54, 1.807) is 0 Å². The van der Waals surface area contributed by atoms with Crippen LogP contribution in [0.15, 0.2) is 54.6 Å². The third-order valence-electron chi connectivity index (χ3n) is 5.88. The molecular weight excluding hydrogens is 396 g/mol. The zero-order valence-electron chi connectivity index (χ0n) is 17.4. The number of piperidine rings is 1. The largest absolute Gasteiger partial charge is 0.339 e. The number of amides is 1. The lowest BCUT2D eigenvalue weighted by Gasteiger charge is -2.32. The molecule has 0 saturated carbocycles. The second-order valence-corrected chi connectivity index (χ2v) is 8.29. The van der Waals surface area contributed by atoms with E-state index >= 15 is 0 Å². The molecule has 30 heavy (non-hydrogen) atoms. The number of aromatic nitrogens is 2. The minimum Gasteiger partial charge on any atom is -0.339 e. The summed E-state index contributed by atoms with van der Waals surface area (Å²) in [6.07, 6.45) is 1.92. The molecule has 2 aromatic carbocycles. The molecule has 1 aromatic heterocycles. The number of hydrogen-bond donors (Lipinski definition) is 1. The zero-order chi connectivity index (χ0) is 21.1. The number of benzene rings is 2. The van der Waals surface area contributed by atoms with Crippen LogP contribution >= 0.6 is 11.6 Å². The molecule has 5 nitrogen and oxygen atoms in total. The Morgan fingerprint density at radius 1 is 1.07 bits per heavy atom. The Balaban J connectivity index is 1.35. The van der Waals surface area contributed by atoms with Gasteiger partial charge in [-0.1, -0.05) is 29.8 Å². The van der Waals surface area contributed by atoms with Crippen LogP contribution in [-0.2, 0) is 6.54 Å². The minimum atomic E-state index is 0.130. The molecule has 1 saturated heterocycles. The molecule has 1 N–H and O–H groups in total. The molecule has 0 aliphatic carbocycles. The van der Waals surface area contributed by atoms with Gasteiger partial charge in [-0.15, -0.1) is 0 Å². The highest BCUT2D eigenvalue weighted by Gasteiger charge is 2.24. The van der Waals surface area contributed by atoms with Crippen LogP contribution in [0.1, 0.15) is 40.2 Å². The Bertz CT molecular complexity index is 1010. The van der Waals surface area contributed by atoms with E-state index in [0.717, 1.165) is 60.1 Å². The second kappa shape index (κ2) is 9.02. The van der Waals surface area contributed by atoms with Gasteiger partial charge in [0.1, 0.15) is 0 Å². The van der Waals surface area contributed by atoms with Crippen LogP contribution in [0.4, 0.5) is 0 Å². The van der Waals surface area contributed by atoms with Crippen LogP contribution in [0.3, 0.4) is 0 Å². The normalized spacial score (nSPS) is 14.8. The minimum absolute atomic E-state index is 0.130. The molecule has 0 bridgehead atoms. The van der Waals surface area contributed by atoms with Crippen LogP contribution in [0.25, 0.3) is 5.69 Å². The van der Waals surface area contributed by atoms with Crippen molar-refractivity contribution in [2.24, 2.45) is 0 Å². The van der Waals surface area contributed by atoms with E-state index in [-0.39, 0.29) is 5.91 Å². The molecule has 156 valence electrons. The van der Waals surface area contributed by atoms with Crippen molar-refractivity contribution in [3.8, 4) is 5.69 Å². The van der Waals surface area contributed by atoms with E-state index in [2.05, 4.69) is 19.2 Å². The van der Waals surface area contributed by atoms with E-state index in [0.29, 0.717) is 6.04 Å². The lowest BCUT2D eigenvalue weighted by Crippen LogP contribution is -2.44. The third-order valence-corrected chi connectivity index (χ3v) is 6.13. The van der Waals surface area contributed by atoms with Gasteiger partial charge in [0.15, 0.2) is 0 Å². The van der Waals surface area contributed by atoms with E-state index in [1.165, 1.54) is 5.56 Å². The summed E-state index contributed by atoms with van der Waals surface area (Å²) >= 11 is 6.01. The topological polar surface area (TPSA) is 50.2 Å². The third kappa shape index (κ3) is 4.42. The van der Waals surface area contributed by atoms with Gasteiger partial charge in [0, 0.05) is 47.5 Å². The lowest BCUT2D eigenvalue weighted by atomic mass is 10.0. The first-order chi connectivity index (χ1) is 14.5. The van der Waals surface area contributed by atoms with Gasteiger partial charge in [-0.2, -0.15) is 5.10 Å². The first-order valence-corrected chi connectivity index (χ1v) is 10.8. The summed E-state index contributed by atoms with van der Waals surface area (Å²) in [4.78, 5) is 14.6. The van der Waals surface area contributed by atoms with Gasteiger partial charge < -0.3 is 10.2 Å². The maximum Gasteiger partial charge on any atom is 0.253 e. The van der Waals surface area contributed by atoms with Gasteiger partial charge in [0.25, 0.3) is 5.91 Å². The van der Waals surface area contributed by atoms with Crippen molar-refractivity contribution in [2.75, 3.05) is 13.1 Å². The molecule has 6 heteroatoms. The average Bonchev–Trinajstić information content (AvgIpc) is 3.06. The summed E-state index contributed by atoms with van der Waals surface area (Å²) in [5.74, 6) is 0.130. The first-order valence-electron chi connectivity index (χ1n) is 10.4. The number of likely N-dealkylation sites (tertiary alicyclic amines) is 1. The summed E-state index contributed by atoms with van der Waals surface area (Å²) in [6, 6.07) is 17.7. The molecule has 0 radical (unpaired) electrons. The fourth-order valence-electron chi connectivity index (χ4n) is 4.06. The number of rotatable bonds is 5. The molecule has 0 atom stereocenters. The SMILES string of the molecule is Cc1nn(-c2ccc(Cl)cc2)c(C)c1CNC1CCN(C(=O)c2ccccc2)CC1. The maximum atomic E-state index is 12.6. The van der Waals surface area contributed by atoms with E-state index in [1.807, 2.05) is 64.2 Å². The quantitative estimate of drug-likeness (QED) is 0.656. The number of halogens is 1. The van der Waals surface area contributed by atoms with Crippen LogP contribution in [0.2, 0.25) is 5.02 Å². The van der Waals surface area contributed by atoms with Crippen LogP contribution < -0.4 is 5.32 Å². The Morgan fingerprint density at radius 2 is 1.73 bits per heavy atom. The Labute approximate surface area is 182 Å². The molecule has 3 aromatic rings. The van der Waals surface area contributed by atoms with Crippen LogP contribution in [-0.4, -0.2) is 39.7 Å². The molecule has 4 rings (SSSR count).